The first-order valence-electron chi connectivity index (χ1n) is 9.20. The maximum atomic E-state index is 12.6. The third-order valence-electron chi connectivity index (χ3n) is 4.74. The monoisotopic (exact) mass is 390 g/mol. The zero-order valence-corrected chi connectivity index (χ0v) is 16.7. The van der Waals surface area contributed by atoms with E-state index < -0.39 is 10.0 Å². The molecule has 7 nitrogen and oxygen atoms in total. The molecule has 1 aromatic carbocycles. The predicted molar refractivity (Wildman–Crippen MR) is 106 cm³/mol. The number of ether oxygens (including phenoxy) is 1. The van der Waals surface area contributed by atoms with Gasteiger partial charge in [0.25, 0.3) is 0 Å². The molecular weight excluding hydrogens is 364 g/mol. The van der Waals surface area contributed by atoms with E-state index in [0.717, 1.165) is 17.8 Å². The van der Waals surface area contributed by atoms with Crippen molar-refractivity contribution in [3.63, 3.8) is 0 Å². The highest BCUT2D eigenvalue weighted by atomic mass is 32.2. The first-order chi connectivity index (χ1) is 13.0. The molecule has 1 aliphatic heterocycles. The summed E-state index contributed by atoms with van der Waals surface area (Å²) in [5.41, 5.74) is 2.23. The maximum Gasteiger partial charge on any atom is 0.217 e. The molecule has 8 heteroatoms. The molecule has 0 radical (unpaired) electrons. The molecule has 1 saturated heterocycles. The highest BCUT2D eigenvalue weighted by Crippen LogP contribution is 2.18. The van der Waals surface area contributed by atoms with E-state index in [9.17, 15) is 8.42 Å². The summed E-state index contributed by atoms with van der Waals surface area (Å²) >= 11 is 0. The van der Waals surface area contributed by atoms with Gasteiger partial charge in [-0.3, -0.25) is 0 Å². The lowest BCUT2D eigenvalue weighted by Gasteiger charge is -2.35. The van der Waals surface area contributed by atoms with Crippen LogP contribution in [0.1, 0.15) is 18.1 Å². The van der Waals surface area contributed by atoms with E-state index in [0.29, 0.717) is 31.9 Å². The normalized spacial score (nSPS) is 15.7. The molecule has 1 fully saturated rings. The van der Waals surface area contributed by atoms with Crippen LogP contribution in [0.25, 0.3) is 0 Å². The number of aryl methyl sites for hydroxylation is 2. The van der Waals surface area contributed by atoms with Crippen molar-refractivity contribution in [2.24, 2.45) is 0 Å². The molecule has 1 aromatic heterocycles. The summed E-state index contributed by atoms with van der Waals surface area (Å²) < 4.78 is 32.3. The number of hydrogen-bond donors (Lipinski definition) is 0. The lowest BCUT2D eigenvalue weighted by Crippen LogP contribution is -2.50. The smallest absolute Gasteiger partial charge is 0.217 e. The Bertz CT molecular complexity index is 848. The van der Waals surface area contributed by atoms with Gasteiger partial charge >= 0.3 is 0 Å². The summed E-state index contributed by atoms with van der Waals surface area (Å²) in [6.07, 6.45) is 4.26. The Labute approximate surface area is 161 Å². The zero-order valence-electron chi connectivity index (χ0n) is 15.8. The van der Waals surface area contributed by atoms with Crippen molar-refractivity contribution in [1.82, 2.24) is 14.3 Å². The predicted octanol–water partition coefficient (Wildman–Crippen LogP) is 1.88. The molecular formula is C19H26N4O3S. The van der Waals surface area contributed by atoms with Gasteiger partial charge in [0.1, 0.15) is 24.5 Å². The fourth-order valence-electron chi connectivity index (χ4n) is 3.12. The third kappa shape index (κ3) is 4.95. The molecule has 146 valence electrons. The van der Waals surface area contributed by atoms with Gasteiger partial charge in [-0.2, -0.15) is 4.31 Å². The molecule has 0 aliphatic carbocycles. The van der Waals surface area contributed by atoms with Crippen LogP contribution in [-0.2, 0) is 16.4 Å². The van der Waals surface area contributed by atoms with Crippen molar-refractivity contribution in [2.75, 3.05) is 43.4 Å². The minimum Gasteiger partial charge on any atom is -0.492 e. The second-order valence-electron chi connectivity index (χ2n) is 6.58. The zero-order chi connectivity index (χ0) is 19.3. The quantitative estimate of drug-likeness (QED) is 0.719. The molecule has 0 bridgehead atoms. The molecule has 0 N–H and O–H groups in total. The fourth-order valence-corrected chi connectivity index (χ4v) is 4.39. The van der Waals surface area contributed by atoms with Gasteiger partial charge in [0.05, 0.1) is 5.75 Å². The highest BCUT2D eigenvalue weighted by Gasteiger charge is 2.27. The Hall–Kier alpha value is -2.19. The first kappa shape index (κ1) is 19.6. The number of aromatic nitrogens is 2. The van der Waals surface area contributed by atoms with Crippen molar-refractivity contribution in [3.8, 4) is 5.75 Å². The highest BCUT2D eigenvalue weighted by molar-refractivity contribution is 7.89. The SMILES string of the molecule is CCc1ccc(OCCS(=O)(=O)N2CCN(c3ncncc3C)CC2)cc1. The van der Waals surface area contributed by atoms with Crippen LogP contribution in [0, 0.1) is 6.92 Å². The first-order valence-corrected chi connectivity index (χ1v) is 10.8. The Morgan fingerprint density at radius 1 is 1.11 bits per heavy atom. The van der Waals surface area contributed by atoms with E-state index in [4.69, 9.17) is 4.74 Å². The van der Waals surface area contributed by atoms with Crippen LogP contribution >= 0.6 is 0 Å². The van der Waals surface area contributed by atoms with E-state index in [2.05, 4.69) is 21.8 Å². The molecule has 0 unspecified atom stereocenters. The van der Waals surface area contributed by atoms with Crippen molar-refractivity contribution in [1.29, 1.82) is 0 Å². The number of hydrogen-bond acceptors (Lipinski definition) is 6. The minimum atomic E-state index is -3.33. The third-order valence-corrected chi connectivity index (χ3v) is 6.58. The van der Waals surface area contributed by atoms with Crippen molar-refractivity contribution < 1.29 is 13.2 Å². The van der Waals surface area contributed by atoms with E-state index in [1.54, 1.807) is 10.5 Å². The largest absolute Gasteiger partial charge is 0.492 e. The summed E-state index contributed by atoms with van der Waals surface area (Å²) in [6.45, 7) is 6.36. The van der Waals surface area contributed by atoms with Crippen LogP contribution in [0.5, 0.6) is 5.75 Å². The summed E-state index contributed by atoms with van der Waals surface area (Å²) in [5, 5.41) is 0. The average Bonchev–Trinajstić information content (AvgIpc) is 2.69. The summed E-state index contributed by atoms with van der Waals surface area (Å²) in [7, 11) is -3.33. The van der Waals surface area contributed by atoms with Gasteiger partial charge in [0.15, 0.2) is 0 Å². The van der Waals surface area contributed by atoms with Crippen molar-refractivity contribution in [2.45, 2.75) is 20.3 Å². The molecule has 0 saturated carbocycles. The molecule has 3 rings (SSSR count). The van der Waals surface area contributed by atoms with E-state index >= 15 is 0 Å². The number of benzene rings is 1. The van der Waals surface area contributed by atoms with Crippen LogP contribution in [0.3, 0.4) is 0 Å². The second kappa shape index (κ2) is 8.67. The van der Waals surface area contributed by atoms with Crippen LogP contribution < -0.4 is 9.64 Å². The van der Waals surface area contributed by atoms with Gasteiger partial charge < -0.3 is 9.64 Å². The molecule has 2 aromatic rings. The van der Waals surface area contributed by atoms with Crippen LogP contribution in [0.15, 0.2) is 36.8 Å². The minimum absolute atomic E-state index is 0.0188. The Morgan fingerprint density at radius 3 is 2.44 bits per heavy atom. The fraction of sp³-hybridized carbons (Fsp3) is 0.474. The van der Waals surface area contributed by atoms with Crippen LogP contribution in [0.2, 0.25) is 0 Å². The number of sulfonamides is 1. The van der Waals surface area contributed by atoms with Gasteiger partial charge in [-0.1, -0.05) is 19.1 Å². The summed E-state index contributed by atoms with van der Waals surface area (Å²) in [4.78, 5) is 10.4. The van der Waals surface area contributed by atoms with Crippen LogP contribution in [-0.4, -0.2) is 61.2 Å². The van der Waals surface area contributed by atoms with Gasteiger partial charge in [-0.15, -0.1) is 0 Å². The summed E-state index contributed by atoms with van der Waals surface area (Å²) in [6, 6.07) is 7.76. The lowest BCUT2D eigenvalue weighted by molar-refractivity contribution is 0.331. The van der Waals surface area contributed by atoms with Crippen molar-refractivity contribution in [3.05, 3.63) is 47.9 Å². The average molecular weight is 391 g/mol. The Kier molecular flexibility index (Phi) is 6.28. The molecule has 2 heterocycles. The van der Waals surface area contributed by atoms with Gasteiger partial charge in [0, 0.05) is 37.9 Å². The topological polar surface area (TPSA) is 75.6 Å². The second-order valence-corrected chi connectivity index (χ2v) is 8.67. The maximum absolute atomic E-state index is 12.6. The van der Waals surface area contributed by atoms with Gasteiger partial charge in [-0.25, -0.2) is 18.4 Å². The number of piperazine rings is 1. The van der Waals surface area contributed by atoms with E-state index in [1.165, 1.54) is 11.9 Å². The van der Waals surface area contributed by atoms with E-state index in [1.807, 2.05) is 31.2 Å². The van der Waals surface area contributed by atoms with Gasteiger partial charge in [-0.05, 0) is 31.0 Å². The van der Waals surface area contributed by atoms with Gasteiger partial charge in [0.2, 0.25) is 10.0 Å². The standard InChI is InChI=1S/C19H26N4O3S/c1-3-17-4-6-18(7-5-17)26-12-13-27(24,25)23-10-8-22(9-11-23)19-16(2)14-20-15-21-19/h4-7,14-15H,3,8-13H2,1-2H3. The number of rotatable bonds is 7. The molecule has 0 spiro atoms. The van der Waals surface area contributed by atoms with Crippen molar-refractivity contribution >= 4 is 15.8 Å². The number of anilines is 1. The molecule has 0 amide bonds. The Morgan fingerprint density at radius 2 is 1.81 bits per heavy atom. The molecule has 27 heavy (non-hydrogen) atoms. The molecule has 0 atom stereocenters. The summed E-state index contributed by atoms with van der Waals surface area (Å²) in [5.74, 6) is 1.56. The Balaban J connectivity index is 1.50. The lowest BCUT2D eigenvalue weighted by atomic mass is 10.2. The number of nitrogens with zero attached hydrogens (tertiary/aromatic N) is 4. The molecule has 1 aliphatic rings. The van der Waals surface area contributed by atoms with Crippen LogP contribution in [0.4, 0.5) is 5.82 Å². The van der Waals surface area contributed by atoms with E-state index in [-0.39, 0.29) is 12.4 Å².